The third kappa shape index (κ3) is 2.53. The Balaban J connectivity index is 1.90. The minimum absolute atomic E-state index is 0.0690. The van der Waals surface area contributed by atoms with Gasteiger partial charge >= 0.3 is 0 Å². The number of ether oxygens (including phenoxy) is 1. The first-order chi connectivity index (χ1) is 12.2. The van der Waals surface area contributed by atoms with Gasteiger partial charge in [-0.1, -0.05) is 18.2 Å². The Morgan fingerprint density at radius 3 is 2.72 bits per heavy atom. The van der Waals surface area contributed by atoms with Gasteiger partial charge in [0.05, 0.1) is 12.8 Å². The maximum Gasteiger partial charge on any atom is 0.252 e. The lowest BCUT2D eigenvalue weighted by molar-refractivity contribution is -0.116. The molecule has 3 aromatic rings. The maximum absolute atomic E-state index is 12.4. The van der Waals surface area contributed by atoms with Crippen molar-refractivity contribution in [3.63, 3.8) is 0 Å². The zero-order valence-corrected chi connectivity index (χ0v) is 13.9. The molecule has 1 aromatic carbocycles. The van der Waals surface area contributed by atoms with Crippen LogP contribution >= 0.6 is 0 Å². The minimum Gasteiger partial charge on any atom is -0.496 e. The van der Waals surface area contributed by atoms with Crippen LogP contribution < -0.4 is 10.1 Å². The van der Waals surface area contributed by atoms with Crippen LogP contribution in [0.4, 0.5) is 5.82 Å². The number of para-hydroxylation sites is 1. The van der Waals surface area contributed by atoms with Crippen LogP contribution in [0.2, 0.25) is 0 Å². The average molecular weight is 335 g/mol. The number of hydrogen-bond acceptors (Lipinski definition) is 5. The Morgan fingerprint density at radius 1 is 1.20 bits per heavy atom. The number of fused-ring (bicyclic) bond motifs is 1. The second kappa shape index (κ2) is 6.01. The van der Waals surface area contributed by atoms with Crippen molar-refractivity contribution in [1.29, 1.82) is 0 Å². The van der Waals surface area contributed by atoms with Crippen molar-refractivity contribution in [3.05, 3.63) is 59.5 Å². The molecule has 1 atom stereocenters. The standard InChI is InChI=1S/C18H17N5O2/c1-11-16-13(12-6-3-4-7-14(12)25-2)10-15(24)21-17(16)23(22-11)18-19-8-5-9-20-18/h3-9,13H,10H2,1-2H3,(H,21,24). The molecule has 0 saturated carbocycles. The predicted molar refractivity (Wildman–Crippen MR) is 92.0 cm³/mol. The fourth-order valence-corrected chi connectivity index (χ4v) is 3.31. The lowest BCUT2D eigenvalue weighted by Gasteiger charge is -2.25. The van der Waals surface area contributed by atoms with Crippen molar-refractivity contribution < 1.29 is 9.53 Å². The monoisotopic (exact) mass is 335 g/mol. The SMILES string of the molecule is COc1ccccc1C1CC(=O)Nc2c1c(C)nn2-c1ncccn1. The summed E-state index contributed by atoms with van der Waals surface area (Å²) in [5.41, 5.74) is 2.77. The number of nitrogens with zero attached hydrogens (tertiary/aromatic N) is 4. The van der Waals surface area contributed by atoms with E-state index in [4.69, 9.17) is 4.74 Å². The fraction of sp³-hybridized carbons (Fsp3) is 0.222. The van der Waals surface area contributed by atoms with Crippen LogP contribution in [0.3, 0.4) is 0 Å². The number of anilines is 1. The number of aryl methyl sites for hydroxylation is 1. The summed E-state index contributed by atoms with van der Waals surface area (Å²) in [5.74, 6) is 1.61. The van der Waals surface area contributed by atoms with Crippen LogP contribution in [0, 0.1) is 6.92 Å². The molecule has 7 nitrogen and oxygen atoms in total. The summed E-state index contributed by atoms with van der Waals surface area (Å²) in [6.45, 7) is 1.93. The van der Waals surface area contributed by atoms with Crippen molar-refractivity contribution in [1.82, 2.24) is 19.7 Å². The molecular formula is C18H17N5O2. The van der Waals surface area contributed by atoms with Crippen LogP contribution in [-0.2, 0) is 4.79 Å². The van der Waals surface area contributed by atoms with E-state index >= 15 is 0 Å². The molecule has 3 heterocycles. The zero-order valence-electron chi connectivity index (χ0n) is 13.9. The molecule has 25 heavy (non-hydrogen) atoms. The van der Waals surface area contributed by atoms with Gasteiger partial charge in [-0.3, -0.25) is 4.79 Å². The van der Waals surface area contributed by atoms with E-state index in [1.807, 2.05) is 31.2 Å². The highest BCUT2D eigenvalue weighted by Crippen LogP contribution is 2.42. The molecule has 4 rings (SSSR count). The van der Waals surface area contributed by atoms with Gasteiger partial charge in [-0.15, -0.1) is 0 Å². The van der Waals surface area contributed by atoms with Gasteiger partial charge in [0.15, 0.2) is 0 Å². The number of methoxy groups -OCH3 is 1. The quantitative estimate of drug-likeness (QED) is 0.795. The molecule has 0 spiro atoms. The fourth-order valence-electron chi connectivity index (χ4n) is 3.31. The maximum atomic E-state index is 12.4. The summed E-state index contributed by atoms with van der Waals surface area (Å²) < 4.78 is 7.08. The van der Waals surface area contributed by atoms with E-state index in [1.165, 1.54) is 0 Å². The number of carbonyl (C=O) groups is 1. The van der Waals surface area contributed by atoms with Crippen LogP contribution in [-0.4, -0.2) is 32.8 Å². The first kappa shape index (κ1) is 15.3. The van der Waals surface area contributed by atoms with E-state index in [2.05, 4.69) is 20.4 Å². The molecule has 0 radical (unpaired) electrons. The lowest BCUT2D eigenvalue weighted by atomic mass is 9.85. The molecule has 1 N–H and O–H groups in total. The highest BCUT2D eigenvalue weighted by Gasteiger charge is 2.34. The van der Waals surface area contributed by atoms with E-state index < -0.39 is 0 Å². The summed E-state index contributed by atoms with van der Waals surface area (Å²) >= 11 is 0. The Bertz CT molecular complexity index is 936. The average Bonchev–Trinajstić information content (AvgIpc) is 2.98. The second-order valence-corrected chi connectivity index (χ2v) is 5.86. The highest BCUT2D eigenvalue weighted by molar-refractivity contribution is 5.95. The Morgan fingerprint density at radius 2 is 1.96 bits per heavy atom. The number of benzene rings is 1. The van der Waals surface area contributed by atoms with E-state index in [1.54, 1.807) is 30.3 Å². The van der Waals surface area contributed by atoms with Crippen molar-refractivity contribution in [2.45, 2.75) is 19.3 Å². The Kier molecular flexibility index (Phi) is 3.68. The van der Waals surface area contributed by atoms with Gasteiger partial charge in [-0.25, -0.2) is 9.97 Å². The number of carbonyl (C=O) groups excluding carboxylic acids is 1. The van der Waals surface area contributed by atoms with Crippen LogP contribution in [0.1, 0.15) is 29.2 Å². The highest BCUT2D eigenvalue weighted by atomic mass is 16.5. The Hall–Kier alpha value is -3.22. The van der Waals surface area contributed by atoms with Gasteiger partial charge in [0, 0.05) is 35.9 Å². The summed E-state index contributed by atoms with van der Waals surface area (Å²) in [4.78, 5) is 20.8. The topological polar surface area (TPSA) is 81.9 Å². The minimum atomic E-state index is -0.127. The number of amides is 1. The summed E-state index contributed by atoms with van der Waals surface area (Å²) in [6.07, 6.45) is 3.64. The molecule has 7 heteroatoms. The number of rotatable bonds is 3. The van der Waals surface area contributed by atoms with Crippen LogP contribution in [0.5, 0.6) is 5.75 Å². The zero-order chi connectivity index (χ0) is 17.4. The number of aromatic nitrogens is 4. The molecule has 0 aliphatic carbocycles. The molecule has 0 fully saturated rings. The molecule has 0 saturated heterocycles. The molecule has 126 valence electrons. The summed E-state index contributed by atoms with van der Waals surface area (Å²) in [5, 5.41) is 7.49. The third-order valence-electron chi connectivity index (χ3n) is 4.36. The first-order valence-electron chi connectivity index (χ1n) is 7.98. The molecule has 1 aliphatic heterocycles. The van der Waals surface area contributed by atoms with E-state index in [0.29, 0.717) is 18.2 Å². The van der Waals surface area contributed by atoms with Crippen LogP contribution in [0.15, 0.2) is 42.7 Å². The van der Waals surface area contributed by atoms with Crippen molar-refractivity contribution in [2.75, 3.05) is 12.4 Å². The van der Waals surface area contributed by atoms with Gasteiger partial charge < -0.3 is 10.1 Å². The van der Waals surface area contributed by atoms with Gasteiger partial charge in [0.1, 0.15) is 11.6 Å². The number of nitrogens with one attached hydrogen (secondary N) is 1. The number of hydrogen-bond donors (Lipinski definition) is 1. The predicted octanol–water partition coefficient (Wildman–Crippen LogP) is 2.45. The molecular weight excluding hydrogens is 318 g/mol. The molecule has 1 unspecified atom stereocenters. The van der Waals surface area contributed by atoms with E-state index in [0.717, 1.165) is 22.6 Å². The summed E-state index contributed by atoms with van der Waals surface area (Å²) in [6, 6.07) is 9.50. The van der Waals surface area contributed by atoms with Gasteiger partial charge in [-0.05, 0) is 19.1 Å². The molecule has 1 amide bonds. The second-order valence-electron chi connectivity index (χ2n) is 5.86. The smallest absolute Gasteiger partial charge is 0.252 e. The van der Waals surface area contributed by atoms with Gasteiger partial charge in [0.25, 0.3) is 5.95 Å². The Labute approximate surface area is 144 Å². The molecule has 2 aromatic heterocycles. The summed E-state index contributed by atoms with van der Waals surface area (Å²) in [7, 11) is 1.64. The van der Waals surface area contributed by atoms with Crippen molar-refractivity contribution >= 4 is 11.7 Å². The normalized spacial score (nSPS) is 16.2. The first-order valence-corrected chi connectivity index (χ1v) is 7.98. The van der Waals surface area contributed by atoms with Crippen molar-refractivity contribution in [3.8, 4) is 11.7 Å². The largest absolute Gasteiger partial charge is 0.496 e. The third-order valence-corrected chi connectivity index (χ3v) is 4.36. The molecule has 0 bridgehead atoms. The van der Waals surface area contributed by atoms with E-state index in [-0.39, 0.29) is 11.8 Å². The van der Waals surface area contributed by atoms with Crippen LogP contribution in [0.25, 0.3) is 5.95 Å². The molecule has 1 aliphatic rings. The van der Waals surface area contributed by atoms with Gasteiger partial charge in [0.2, 0.25) is 5.91 Å². The van der Waals surface area contributed by atoms with E-state index in [9.17, 15) is 4.79 Å². The van der Waals surface area contributed by atoms with Crippen molar-refractivity contribution in [2.24, 2.45) is 0 Å². The van der Waals surface area contributed by atoms with Gasteiger partial charge in [-0.2, -0.15) is 9.78 Å². The lowest BCUT2D eigenvalue weighted by Crippen LogP contribution is -2.25.